The second kappa shape index (κ2) is 8.23. The highest BCUT2D eigenvalue weighted by molar-refractivity contribution is 7.90. The van der Waals surface area contributed by atoms with Gasteiger partial charge in [-0.2, -0.15) is 0 Å². The topological polar surface area (TPSA) is 69.7 Å². The van der Waals surface area contributed by atoms with Gasteiger partial charge in [0.2, 0.25) is 5.91 Å². The van der Waals surface area contributed by atoms with Gasteiger partial charge >= 0.3 is 0 Å². The lowest BCUT2D eigenvalue weighted by Gasteiger charge is -2.37. The first-order valence-corrected chi connectivity index (χ1v) is 10.7. The van der Waals surface area contributed by atoms with E-state index in [1.165, 1.54) is 4.88 Å². The molecule has 0 spiro atoms. The van der Waals surface area contributed by atoms with Gasteiger partial charge in [-0.15, -0.1) is 11.3 Å². The number of thiophene rings is 1. The van der Waals surface area contributed by atoms with Crippen LogP contribution in [0, 0.1) is 0 Å². The first-order chi connectivity index (χ1) is 10.8. The van der Waals surface area contributed by atoms with E-state index in [1.807, 2.05) is 11.4 Å². The molecule has 8 heteroatoms. The number of carbonyl (C=O) groups excluding carboxylic acids is 1. The van der Waals surface area contributed by atoms with Gasteiger partial charge in [-0.25, -0.2) is 8.42 Å². The van der Waals surface area contributed by atoms with E-state index in [0.29, 0.717) is 6.54 Å². The number of amides is 1. The number of carbonyl (C=O) groups is 1. The second-order valence-electron chi connectivity index (χ2n) is 6.05. The third-order valence-corrected chi connectivity index (χ3v) is 5.96. The van der Waals surface area contributed by atoms with Crippen molar-refractivity contribution in [1.82, 2.24) is 15.1 Å². The number of sulfone groups is 1. The Bertz CT molecular complexity index is 593. The summed E-state index contributed by atoms with van der Waals surface area (Å²) in [5, 5.41) is 4.95. The van der Waals surface area contributed by atoms with Gasteiger partial charge in [0.15, 0.2) is 0 Å². The van der Waals surface area contributed by atoms with E-state index in [1.54, 1.807) is 11.3 Å². The summed E-state index contributed by atoms with van der Waals surface area (Å²) in [5.74, 6) is -0.303. The minimum absolute atomic E-state index is 0.0265. The van der Waals surface area contributed by atoms with Crippen LogP contribution in [0.2, 0.25) is 0 Å². The summed E-state index contributed by atoms with van der Waals surface area (Å²) in [7, 11) is -0.987. The van der Waals surface area contributed by atoms with Crippen LogP contribution < -0.4 is 5.32 Å². The van der Waals surface area contributed by atoms with Crippen molar-refractivity contribution in [3.05, 3.63) is 22.4 Å². The Hall–Kier alpha value is -0.960. The molecule has 130 valence electrons. The zero-order valence-electron chi connectivity index (χ0n) is 13.7. The fourth-order valence-corrected chi connectivity index (χ4v) is 4.02. The molecule has 0 saturated carbocycles. The molecular weight excluding hydrogens is 334 g/mol. The zero-order valence-corrected chi connectivity index (χ0v) is 15.3. The Morgan fingerprint density at radius 1 is 1.35 bits per heavy atom. The van der Waals surface area contributed by atoms with Crippen molar-refractivity contribution in [2.45, 2.75) is 12.5 Å². The van der Waals surface area contributed by atoms with E-state index in [-0.39, 0.29) is 24.1 Å². The van der Waals surface area contributed by atoms with Gasteiger partial charge in [-0.3, -0.25) is 9.69 Å². The van der Waals surface area contributed by atoms with Crippen LogP contribution in [0.15, 0.2) is 17.5 Å². The maximum Gasteiger partial charge on any atom is 0.221 e. The summed E-state index contributed by atoms with van der Waals surface area (Å²) in [5.41, 5.74) is 0. The Morgan fingerprint density at radius 2 is 2.04 bits per heavy atom. The van der Waals surface area contributed by atoms with Crippen molar-refractivity contribution in [2.24, 2.45) is 0 Å². The molecule has 1 aliphatic heterocycles. The monoisotopic (exact) mass is 359 g/mol. The van der Waals surface area contributed by atoms with E-state index in [2.05, 4.69) is 28.2 Å². The lowest BCUT2D eigenvalue weighted by atomic mass is 10.1. The standard InChI is InChI=1S/C15H25N3O3S2/c1-17-6-8-18(9-7-17)13(14-4-3-10-22-14)12-16-15(19)5-11-23(2,20)21/h3-4,10,13H,5-9,11-12H2,1-2H3,(H,16,19). The normalized spacial score (nSPS) is 18.7. The Morgan fingerprint density at radius 3 is 2.61 bits per heavy atom. The van der Waals surface area contributed by atoms with Crippen LogP contribution in [-0.2, 0) is 14.6 Å². The zero-order chi connectivity index (χ0) is 16.9. The van der Waals surface area contributed by atoms with Crippen molar-refractivity contribution in [3.8, 4) is 0 Å². The number of hydrogen-bond donors (Lipinski definition) is 1. The van der Waals surface area contributed by atoms with Crippen LogP contribution in [0.5, 0.6) is 0 Å². The van der Waals surface area contributed by atoms with E-state index < -0.39 is 9.84 Å². The summed E-state index contributed by atoms with van der Waals surface area (Å²) in [6, 6.07) is 4.27. The van der Waals surface area contributed by atoms with Gasteiger partial charge in [0.05, 0.1) is 11.8 Å². The number of piperazine rings is 1. The SMILES string of the molecule is CN1CCN(C(CNC(=O)CCS(C)(=O)=O)c2cccs2)CC1. The average molecular weight is 360 g/mol. The van der Waals surface area contributed by atoms with Gasteiger partial charge < -0.3 is 10.2 Å². The summed E-state index contributed by atoms with van der Waals surface area (Å²) in [4.78, 5) is 17.8. The molecule has 1 aliphatic rings. The molecule has 0 aromatic carbocycles. The Kier molecular flexibility index (Phi) is 6.58. The number of rotatable bonds is 7. The van der Waals surface area contributed by atoms with E-state index >= 15 is 0 Å². The number of likely N-dealkylation sites (N-methyl/N-ethyl adjacent to an activating group) is 1. The van der Waals surface area contributed by atoms with Crippen LogP contribution in [0.3, 0.4) is 0 Å². The Labute approximate surface area is 142 Å². The molecule has 6 nitrogen and oxygen atoms in total. The lowest BCUT2D eigenvalue weighted by molar-refractivity contribution is -0.121. The number of hydrogen-bond acceptors (Lipinski definition) is 6. The van der Waals surface area contributed by atoms with Crippen LogP contribution in [0.25, 0.3) is 0 Å². The second-order valence-corrected chi connectivity index (χ2v) is 9.29. The molecule has 0 aliphatic carbocycles. The third-order valence-electron chi connectivity index (χ3n) is 4.04. The first-order valence-electron chi connectivity index (χ1n) is 7.75. The maximum atomic E-state index is 11.9. The smallest absolute Gasteiger partial charge is 0.221 e. The summed E-state index contributed by atoms with van der Waals surface area (Å²) < 4.78 is 22.3. The fraction of sp³-hybridized carbons (Fsp3) is 0.667. The molecule has 1 saturated heterocycles. The van der Waals surface area contributed by atoms with Crippen molar-refractivity contribution < 1.29 is 13.2 Å². The van der Waals surface area contributed by atoms with Gasteiger partial charge in [0, 0.05) is 50.3 Å². The van der Waals surface area contributed by atoms with Gasteiger partial charge in [-0.1, -0.05) is 6.07 Å². The first kappa shape index (κ1) is 18.4. The highest BCUT2D eigenvalue weighted by Crippen LogP contribution is 2.25. The van der Waals surface area contributed by atoms with Gasteiger partial charge in [0.1, 0.15) is 9.84 Å². The lowest BCUT2D eigenvalue weighted by Crippen LogP contribution is -2.48. The summed E-state index contributed by atoms with van der Waals surface area (Å²) in [6.07, 6.45) is 1.18. The fourth-order valence-electron chi connectivity index (χ4n) is 2.60. The summed E-state index contributed by atoms with van der Waals surface area (Å²) >= 11 is 1.69. The van der Waals surface area contributed by atoms with Crippen molar-refractivity contribution in [2.75, 3.05) is 51.8 Å². The molecule has 1 fully saturated rings. The highest BCUT2D eigenvalue weighted by Gasteiger charge is 2.25. The molecular formula is C15H25N3O3S2. The van der Waals surface area contributed by atoms with Crippen molar-refractivity contribution in [1.29, 1.82) is 0 Å². The van der Waals surface area contributed by atoms with E-state index in [9.17, 15) is 13.2 Å². The minimum Gasteiger partial charge on any atom is -0.354 e. The Balaban J connectivity index is 1.92. The number of nitrogens with zero attached hydrogens (tertiary/aromatic N) is 2. The van der Waals surface area contributed by atoms with Gasteiger partial charge in [-0.05, 0) is 18.5 Å². The van der Waals surface area contributed by atoms with E-state index in [0.717, 1.165) is 32.4 Å². The molecule has 1 unspecified atom stereocenters. The molecule has 1 aromatic rings. The van der Waals surface area contributed by atoms with Crippen LogP contribution in [0.1, 0.15) is 17.3 Å². The van der Waals surface area contributed by atoms with Crippen LogP contribution in [-0.4, -0.2) is 75.9 Å². The molecule has 2 heterocycles. The predicted molar refractivity (Wildman–Crippen MR) is 93.5 cm³/mol. The number of nitrogens with one attached hydrogen (secondary N) is 1. The third kappa shape index (κ3) is 6.21. The van der Waals surface area contributed by atoms with Crippen LogP contribution >= 0.6 is 11.3 Å². The summed E-state index contributed by atoms with van der Waals surface area (Å²) in [6.45, 7) is 4.50. The molecule has 0 bridgehead atoms. The van der Waals surface area contributed by atoms with Crippen LogP contribution in [0.4, 0.5) is 0 Å². The van der Waals surface area contributed by atoms with E-state index in [4.69, 9.17) is 0 Å². The largest absolute Gasteiger partial charge is 0.354 e. The molecule has 2 rings (SSSR count). The average Bonchev–Trinajstić information content (AvgIpc) is 3.00. The maximum absolute atomic E-state index is 11.9. The van der Waals surface area contributed by atoms with Crippen molar-refractivity contribution >= 4 is 27.1 Å². The minimum atomic E-state index is -3.10. The van der Waals surface area contributed by atoms with Crippen molar-refractivity contribution in [3.63, 3.8) is 0 Å². The molecule has 1 amide bonds. The molecule has 1 N–H and O–H groups in total. The quantitative estimate of drug-likeness (QED) is 0.772. The molecule has 1 atom stereocenters. The highest BCUT2D eigenvalue weighted by atomic mass is 32.2. The predicted octanol–water partition coefficient (Wildman–Crippen LogP) is 0.588. The molecule has 23 heavy (non-hydrogen) atoms. The molecule has 0 radical (unpaired) electrons. The van der Waals surface area contributed by atoms with Gasteiger partial charge in [0.25, 0.3) is 0 Å². The molecule has 1 aromatic heterocycles.